The predicted molar refractivity (Wildman–Crippen MR) is 86.4 cm³/mol. The summed E-state index contributed by atoms with van der Waals surface area (Å²) in [6.07, 6.45) is 3.31. The molecule has 120 valence electrons. The number of ether oxygens (including phenoxy) is 2. The normalized spacial score (nSPS) is 13.3. The first kappa shape index (κ1) is 15.2. The van der Waals surface area contributed by atoms with E-state index in [4.69, 9.17) is 13.9 Å². The van der Waals surface area contributed by atoms with Crippen LogP contribution in [0.25, 0.3) is 6.08 Å². The second-order valence-corrected chi connectivity index (χ2v) is 5.44. The zero-order valence-electron chi connectivity index (χ0n) is 13.2. The molecular weight excluding hydrogens is 294 g/mol. The number of nitrogens with zero attached hydrogens (tertiary/aromatic N) is 1. The van der Waals surface area contributed by atoms with E-state index in [1.807, 2.05) is 37.3 Å². The molecule has 5 heteroatoms. The van der Waals surface area contributed by atoms with E-state index in [1.165, 1.54) is 0 Å². The highest BCUT2D eigenvalue weighted by Gasteiger charge is 2.11. The SMILES string of the molecule is Cc1ccc(CN(C)C(=O)/C=C/c2ccc3c(c2)OCCO3)o1. The molecule has 0 atom stereocenters. The second-order valence-electron chi connectivity index (χ2n) is 5.44. The Labute approximate surface area is 135 Å². The third-order valence-corrected chi connectivity index (χ3v) is 3.55. The first-order valence-electron chi connectivity index (χ1n) is 7.50. The van der Waals surface area contributed by atoms with Gasteiger partial charge < -0.3 is 18.8 Å². The van der Waals surface area contributed by atoms with Gasteiger partial charge in [-0.15, -0.1) is 0 Å². The monoisotopic (exact) mass is 313 g/mol. The summed E-state index contributed by atoms with van der Waals surface area (Å²) in [5.41, 5.74) is 0.893. The van der Waals surface area contributed by atoms with Gasteiger partial charge >= 0.3 is 0 Å². The summed E-state index contributed by atoms with van der Waals surface area (Å²) in [6, 6.07) is 9.39. The van der Waals surface area contributed by atoms with Crippen LogP contribution in [0.4, 0.5) is 0 Å². The summed E-state index contributed by atoms with van der Waals surface area (Å²) in [7, 11) is 1.74. The summed E-state index contributed by atoms with van der Waals surface area (Å²) in [5, 5.41) is 0. The minimum absolute atomic E-state index is 0.0889. The fourth-order valence-corrected chi connectivity index (χ4v) is 2.34. The van der Waals surface area contributed by atoms with E-state index in [0.29, 0.717) is 25.5 Å². The number of furan rings is 1. The van der Waals surface area contributed by atoms with E-state index in [2.05, 4.69) is 0 Å². The van der Waals surface area contributed by atoms with Gasteiger partial charge in [0.25, 0.3) is 0 Å². The average Bonchev–Trinajstić information content (AvgIpc) is 2.97. The zero-order chi connectivity index (χ0) is 16.2. The number of hydrogen-bond donors (Lipinski definition) is 0. The molecule has 5 nitrogen and oxygen atoms in total. The third-order valence-electron chi connectivity index (χ3n) is 3.55. The number of carbonyl (C=O) groups excluding carboxylic acids is 1. The number of fused-ring (bicyclic) bond motifs is 1. The van der Waals surface area contributed by atoms with Gasteiger partial charge in [0.05, 0.1) is 6.54 Å². The molecule has 3 rings (SSSR count). The highest BCUT2D eigenvalue weighted by atomic mass is 16.6. The average molecular weight is 313 g/mol. The minimum atomic E-state index is -0.0889. The first-order chi connectivity index (χ1) is 11.1. The quantitative estimate of drug-likeness (QED) is 0.814. The van der Waals surface area contributed by atoms with Crippen molar-refractivity contribution in [3.8, 4) is 11.5 Å². The number of amides is 1. The van der Waals surface area contributed by atoms with Crippen LogP contribution in [0.3, 0.4) is 0 Å². The number of rotatable bonds is 4. The van der Waals surface area contributed by atoms with Crippen LogP contribution < -0.4 is 9.47 Å². The lowest BCUT2D eigenvalue weighted by atomic mass is 10.2. The van der Waals surface area contributed by atoms with Crippen LogP contribution >= 0.6 is 0 Å². The second kappa shape index (κ2) is 6.60. The summed E-state index contributed by atoms with van der Waals surface area (Å²) in [6.45, 7) is 3.44. The van der Waals surface area contributed by atoms with Crippen LogP contribution in [-0.4, -0.2) is 31.1 Å². The predicted octanol–water partition coefficient (Wildman–Crippen LogP) is 3.03. The van der Waals surface area contributed by atoms with Crippen molar-refractivity contribution in [3.63, 3.8) is 0 Å². The van der Waals surface area contributed by atoms with Crippen molar-refractivity contribution >= 4 is 12.0 Å². The van der Waals surface area contributed by atoms with Gasteiger partial charge in [0.1, 0.15) is 24.7 Å². The van der Waals surface area contributed by atoms with Crippen LogP contribution in [0, 0.1) is 6.92 Å². The first-order valence-corrected chi connectivity index (χ1v) is 7.50. The molecule has 0 fully saturated rings. The van der Waals surface area contributed by atoms with Crippen LogP contribution in [0.1, 0.15) is 17.1 Å². The van der Waals surface area contributed by atoms with E-state index in [9.17, 15) is 4.79 Å². The fraction of sp³-hybridized carbons (Fsp3) is 0.278. The Kier molecular flexibility index (Phi) is 4.37. The molecule has 0 saturated carbocycles. The standard InChI is InChI=1S/C18H19NO4/c1-13-3-6-15(23-13)12-19(2)18(20)8-5-14-4-7-16-17(11-14)22-10-9-21-16/h3-8,11H,9-10,12H2,1-2H3/b8-5+. The van der Waals surface area contributed by atoms with Gasteiger partial charge in [0.15, 0.2) is 11.5 Å². The van der Waals surface area contributed by atoms with E-state index < -0.39 is 0 Å². The molecule has 1 amide bonds. The number of aryl methyl sites for hydroxylation is 1. The van der Waals surface area contributed by atoms with Crippen molar-refractivity contribution in [1.82, 2.24) is 4.90 Å². The van der Waals surface area contributed by atoms with E-state index in [1.54, 1.807) is 24.1 Å². The van der Waals surface area contributed by atoms with Gasteiger partial charge in [-0.1, -0.05) is 6.07 Å². The molecule has 0 radical (unpaired) electrons. The van der Waals surface area contributed by atoms with Crippen LogP contribution in [0.2, 0.25) is 0 Å². The molecule has 1 aromatic carbocycles. The Balaban J connectivity index is 1.63. The van der Waals surface area contributed by atoms with Crippen molar-refractivity contribution < 1.29 is 18.7 Å². The Morgan fingerprint density at radius 1 is 1.17 bits per heavy atom. The summed E-state index contributed by atoms with van der Waals surface area (Å²) in [5.74, 6) is 2.97. The maximum absolute atomic E-state index is 12.2. The molecular formula is C18H19NO4. The Bertz CT molecular complexity index is 732. The minimum Gasteiger partial charge on any atom is -0.486 e. The molecule has 1 aromatic heterocycles. The lowest BCUT2D eigenvalue weighted by Gasteiger charge is -2.18. The van der Waals surface area contributed by atoms with Gasteiger partial charge in [0, 0.05) is 13.1 Å². The van der Waals surface area contributed by atoms with Gasteiger partial charge in [-0.05, 0) is 42.8 Å². The Hall–Kier alpha value is -2.69. The van der Waals surface area contributed by atoms with Crippen LogP contribution in [-0.2, 0) is 11.3 Å². The zero-order valence-corrected chi connectivity index (χ0v) is 13.2. The molecule has 1 aliphatic rings. The smallest absolute Gasteiger partial charge is 0.246 e. The van der Waals surface area contributed by atoms with Gasteiger partial charge in [-0.2, -0.15) is 0 Å². The molecule has 2 aromatic rings. The van der Waals surface area contributed by atoms with Crippen molar-refractivity contribution in [2.24, 2.45) is 0 Å². The summed E-state index contributed by atoms with van der Waals surface area (Å²) >= 11 is 0. The summed E-state index contributed by atoms with van der Waals surface area (Å²) < 4.78 is 16.5. The lowest BCUT2D eigenvalue weighted by Crippen LogP contribution is -2.23. The fourth-order valence-electron chi connectivity index (χ4n) is 2.34. The number of benzene rings is 1. The van der Waals surface area contributed by atoms with Crippen LogP contribution in [0.15, 0.2) is 40.8 Å². The topological polar surface area (TPSA) is 51.9 Å². The van der Waals surface area contributed by atoms with Crippen LogP contribution in [0.5, 0.6) is 11.5 Å². The maximum Gasteiger partial charge on any atom is 0.246 e. The summed E-state index contributed by atoms with van der Waals surface area (Å²) in [4.78, 5) is 13.8. The van der Waals surface area contributed by atoms with E-state index >= 15 is 0 Å². The van der Waals surface area contributed by atoms with E-state index in [-0.39, 0.29) is 5.91 Å². The Morgan fingerprint density at radius 3 is 2.70 bits per heavy atom. The molecule has 0 bridgehead atoms. The lowest BCUT2D eigenvalue weighted by molar-refractivity contribution is -0.125. The van der Waals surface area contributed by atoms with E-state index in [0.717, 1.165) is 22.8 Å². The molecule has 0 N–H and O–H groups in total. The highest BCUT2D eigenvalue weighted by Crippen LogP contribution is 2.31. The largest absolute Gasteiger partial charge is 0.486 e. The molecule has 2 heterocycles. The Morgan fingerprint density at radius 2 is 1.96 bits per heavy atom. The number of hydrogen-bond acceptors (Lipinski definition) is 4. The third kappa shape index (κ3) is 3.74. The molecule has 0 aliphatic carbocycles. The highest BCUT2D eigenvalue weighted by molar-refractivity contribution is 5.91. The van der Waals surface area contributed by atoms with Gasteiger partial charge in [0.2, 0.25) is 5.91 Å². The molecule has 23 heavy (non-hydrogen) atoms. The van der Waals surface area contributed by atoms with Gasteiger partial charge in [-0.3, -0.25) is 4.79 Å². The molecule has 0 unspecified atom stereocenters. The number of carbonyl (C=O) groups is 1. The maximum atomic E-state index is 12.2. The molecule has 0 spiro atoms. The van der Waals surface area contributed by atoms with Crippen molar-refractivity contribution in [1.29, 1.82) is 0 Å². The molecule has 1 aliphatic heterocycles. The van der Waals surface area contributed by atoms with Gasteiger partial charge in [-0.25, -0.2) is 0 Å². The van der Waals surface area contributed by atoms with Crippen molar-refractivity contribution in [2.75, 3.05) is 20.3 Å². The van der Waals surface area contributed by atoms with Crippen molar-refractivity contribution in [2.45, 2.75) is 13.5 Å². The number of likely N-dealkylation sites (N-methyl/N-ethyl adjacent to an activating group) is 1. The van der Waals surface area contributed by atoms with Crippen molar-refractivity contribution in [3.05, 3.63) is 53.5 Å². The molecule has 0 saturated heterocycles.